The monoisotopic (exact) mass is 150 g/mol. The van der Waals surface area contributed by atoms with Gasteiger partial charge in [-0.3, -0.25) is 5.10 Å². The lowest BCUT2D eigenvalue weighted by atomic mass is 10.3. The molecule has 56 valence electrons. The first kappa shape index (κ1) is 5.96. The van der Waals surface area contributed by atoms with Gasteiger partial charge < -0.3 is 10.3 Å². The SMILES string of the molecule is Nc1cc(-c2cn[nH]c2)on1. The Labute approximate surface area is 62.2 Å². The topological polar surface area (TPSA) is 80.7 Å². The van der Waals surface area contributed by atoms with Gasteiger partial charge in [0.15, 0.2) is 11.6 Å². The Morgan fingerprint density at radius 1 is 1.55 bits per heavy atom. The van der Waals surface area contributed by atoms with Crippen LogP contribution >= 0.6 is 0 Å². The number of anilines is 1. The van der Waals surface area contributed by atoms with E-state index < -0.39 is 0 Å². The third-order valence-corrected chi connectivity index (χ3v) is 1.31. The first-order chi connectivity index (χ1) is 5.36. The Kier molecular flexibility index (Phi) is 1.15. The summed E-state index contributed by atoms with van der Waals surface area (Å²) in [5, 5.41) is 9.95. The molecule has 5 nitrogen and oxygen atoms in total. The fourth-order valence-electron chi connectivity index (χ4n) is 0.811. The molecule has 3 N–H and O–H groups in total. The summed E-state index contributed by atoms with van der Waals surface area (Å²) in [7, 11) is 0. The van der Waals surface area contributed by atoms with Gasteiger partial charge in [0.25, 0.3) is 0 Å². The largest absolute Gasteiger partial charge is 0.381 e. The van der Waals surface area contributed by atoms with Gasteiger partial charge in [0, 0.05) is 12.3 Å². The summed E-state index contributed by atoms with van der Waals surface area (Å²) in [5.41, 5.74) is 6.19. The van der Waals surface area contributed by atoms with Crippen LogP contribution in [0.1, 0.15) is 0 Å². The summed E-state index contributed by atoms with van der Waals surface area (Å²) in [6, 6.07) is 1.64. The molecule has 0 atom stereocenters. The second-order valence-electron chi connectivity index (χ2n) is 2.10. The predicted molar refractivity (Wildman–Crippen MR) is 38.5 cm³/mol. The van der Waals surface area contributed by atoms with E-state index in [-0.39, 0.29) is 0 Å². The second-order valence-corrected chi connectivity index (χ2v) is 2.10. The molecule has 2 aromatic rings. The van der Waals surface area contributed by atoms with Gasteiger partial charge >= 0.3 is 0 Å². The molecule has 0 aliphatic heterocycles. The fourth-order valence-corrected chi connectivity index (χ4v) is 0.811. The highest BCUT2D eigenvalue weighted by Crippen LogP contribution is 2.18. The minimum absolute atomic E-state index is 0.376. The van der Waals surface area contributed by atoms with Crippen LogP contribution in [0.2, 0.25) is 0 Å². The van der Waals surface area contributed by atoms with Crippen LogP contribution in [-0.4, -0.2) is 15.4 Å². The van der Waals surface area contributed by atoms with Crippen LogP contribution in [0.15, 0.2) is 23.0 Å². The number of nitrogen functional groups attached to an aromatic ring is 1. The molecule has 11 heavy (non-hydrogen) atoms. The van der Waals surface area contributed by atoms with E-state index in [4.69, 9.17) is 10.3 Å². The van der Waals surface area contributed by atoms with Gasteiger partial charge in [0.2, 0.25) is 0 Å². The predicted octanol–water partition coefficient (Wildman–Crippen LogP) is 0.647. The Bertz CT molecular complexity index is 337. The van der Waals surface area contributed by atoms with Crippen molar-refractivity contribution in [2.24, 2.45) is 0 Å². The summed E-state index contributed by atoms with van der Waals surface area (Å²) < 4.78 is 4.87. The molecule has 0 fully saturated rings. The quantitative estimate of drug-likeness (QED) is 0.625. The van der Waals surface area contributed by atoms with Crippen molar-refractivity contribution in [1.82, 2.24) is 15.4 Å². The van der Waals surface area contributed by atoms with E-state index in [0.29, 0.717) is 11.6 Å². The van der Waals surface area contributed by atoms with E-state index in [1.165, 1.54) is 0 Å². The molecule has 2 aromatic heterocycles. The van der Waals surface area contributed by atoms with E-state index in [1.54, 1.807) is 18.5 Å². The highest BCUT2D eigenvalue weighted by Gasteiger charge is 2.03. The second kappa shape index (κ2) is 2.12. The van der Waals surface area contributed by atoms with Gasteiger partial charge in [0.1, 0.15) is 0 Å². The summed E-state index contributed by atoms with van der Waals surface area (Å²) in [4.78, 5) is 0. The maximum Gasteiger partial charge on any atom is 0.172 e. The first-order valence-corrected chi connectivity index (χ1v) is 3.07. The standard InChI is InChI=1S/C6H6N4O/c7-6-1-5(11-10-6)4-2-8-9-3-4/h1-3H,(H2,7,10)(H,8,9). The molecule has 2 heterocycles. The smallest absolute Gasteiger partial charge is 0.172 e. The van der Waals surface area contributed by atoms with E-state index >= 15 is 0 Å². The normalized spacial score (nSPS) is 10.2. The molecular formula is C6H6N4O. The minimum atomic E-state index is 0.376. The number of hydrogen-bond donors (Lipinski definition) is 2. The fraction of sp³-hybridized carbons (Fsp3) is 0. The molecule has 0 bridgehead atoms. The van der Waals surface area contributed by atoms with Gasteiger partial charge in [-0.2, -0.15) is 5.10 Å². The zero-order valence-electron chi connectivity index (χ0n) is 5.61. The first-order valence-electron chi connectivity index (χ1n) is 3.07. The Morgan fingerprint density at radius 2 is 2.45 bits per heavy atom. The van der Waals surface area contributed by atoms with Crippen molar-refractivity contribution in [3.63, 3.8) is 0 Å². The lowest BCUT2D eigenvalue weighted by Gasteiger charge is -1.81. The average molecular weight is 150 g/mol. The molecular weight excluding hydrogens is 144 g/mol. The summed E-state index contributed by atoms with van der Waals surface area (Å²) >= 11 is 0. The Morgan fingerprint density at radius 3 is 3.00 bits per heavy atom. The maximum atomic E-state index is 5.35. The molecule has 0 aromatic carbocycles. The summed E-state index contributed by atoms with van der Waals surface area (Å²) in [6.45, 7) is 0. The van der Waals surface area contributed by atoms with Gasteiger partial charge in [-0.25, -0.2) is 0 Å². The van der Waals surface area contributed by atoms with Crippen LogP contribution in [0.3, 0.4) is 0 Å². The van der Waals surface area contributed by atoms with Crippen molar-refractivity contribution >= 4 is 5.82 Å². The molecule has 0 spiro atoms. The lowest BCUT2D eigenvalue weighted by Crippen LogP contribution is -1.79. The highest BCUT2D eigenvalue weighted by molar-refractivity contribution is 5.57. The molecule has 0 aliphatic rings. The lowest BCUT2D eigenvalue weighted by molar-refractivity contribution is 0.436. The third-order valence-electron chi connectivity index (χ3n) is 1.31. The minimum Gasteiger partial charge on any atom is -0.381 e. The van der Waals surface area contributed by atoms with Gasteiger partial charge in [-0.1, -0.05) is 5.16 Å². The van der Waals surface area contributed by atoms with Gasteiger partial charge in [0.05, 0.1) is 11.8 Å². The molecule has 0 saturated heterocycles. The number of hydrogen-bond acceptors (Lipinski definition) is 4. The molecule has 0 saturated carbocycles. The van der Waals surface area contributed by atoms with Crippen molar-refractivity contribution < 1.29 is 4.52 Å². The number of nitrogens with two attached hydrogens (primary N) is 1. The molecule has 5 heteroatoms. The molecule has 0 aliphatic carbocycles. The van der Waals surface area contributed by atoms with E-state index in [1.807, 2.05) is 0 Å². The average Bonchev–Trinajstić information content (AvgIpc) is 2.55. The zero-order valence-corrected chi connectivity index (χ0v) is 5.61. The Balaban J connectivity index is 2.45. The van der Waals surface area contributed by atoms with E-state index in [0.717, 1.165) is 5.56 Å². The molecule has 0 unspecified atom stereocenters. The number of aromatic amines is 1. The van der Waals surface area contributed by atoms with Gasteiger partial charge in [-0.15, -0.1) is 0 Å². The molecule has 2 rings (SSSR count). The summed E-state index contributed by atoms with van der Waals surface area (Å²) in [5.74, 6) is 0.998. The highest BCUT2D eigenvalue weighted by atomic mass is 16.5. The zero-order chi connectivity index (χ0) is 7.68. The number of rotatable bonds is 1. The van der Waals surface area contributed by atoms with Crippen LogP contribution < -0.4 is 5.73 Å². The van der Waals surface area contributed by atoms with Crippen LogP contribution in [0.4, 0.5) is 5.82 Å². The van der Waals surface area contributed by atoms with Crippen molar-refractivity contribution in [3.8, 4) is 11.3 Å². The number of nitrogens with one attached hydrogen (secondary N) is 1. The van der Waals surface area contributed by atoms with Crippen molar-refractivity contribution in [2.45, 2.75) is 0 Å². The molecule has 0 radical (unpaired) electrons. The van der Waals surface area contributed by atoms with Crippen LogP contribution in [-0.2, 0) is 0 Å². The number of aromatic nitrogens is 3. The maximum absolute atomic E-state index is 5.35. The van der Waals surface area contributed by atoms with Crippen LogP contribution in [0.5, 0.6) is 0 Å². The molecule has 0 amide bonds. The van der Waals surface area contributed by atoms with Crippen LogP contribution in [0, 0.1) is 0 Å². The van der Waals surface area contributed by atoms with E-state index in [9.17, 15) is 0 Å². The summed E-state index contributed by atoms with van der Waals surface area (Å²) in [6.07, 6.45) is 3.35. The van der Waals surface area contributed by atoms with Crippen molar-refractivity contribution in [2.75, 3.05) is 5.73 Å². The number of H-pyrrole nitrogens is 1. The van der Waals surface area contributed by atoms with Crippen LogP contribution in [0.25, 0.3) is 11.3 Å². The van der Waals surface area contributed by atoms with Crippen molar-refractivity contribution in [3.05, 3.63) is 18.5 Å². The van der Waals surface area contributed by atoms with E-state index in [2.05, 4.69) is 15.4 Å². The Hall–Kier alpha value is -1.78. The number of nitrogens with zero attached hydrogens (tertiary/aromatic N) is 2. The van der Waals surface area contributed by atoms with Gasteiger partial charge in [-0.05, 0) is 0 Å². The third kappa shape index (κ3) is 0.958. The van der Waals surface area contributed by atoms with Crippen molar-refractivity contribution in [1.29, 1.82) is 0 Å².